The van der Waals surface area contributed by atoms with E-state index in [1.54, 1.807) is 12.3 Å². The van der Waals surface area contributed by atoms with E-state index in [1.807, 2.05) is 48.5 Å². The lowest BCUT2D eigenvalue weighted by Crippen LogP contribution is -2.15. The van der Waals surface area contributed by atoms with Gasteiger partial charge in [-0.3, -0.25) is 9.59 Å². The first kappa shape index (κ1) is 18.7. The summed E-state index contributed by atoms with van der Waals surface area (Å²) in [6.07, 6.45) is 3.23. The quantitative estimate of drug-likeness (QED) is 0.677. The van der Waals surface area contributed by atoms with E-state index in [0.717, 1.165) is 46.7 Å². The summed E-state index contributed by atoms with van der Waals surface area (Å²) in [5, 5.41) is 9.00. The molecule has 0 fully saturated rings. The molecule has 0 saturated heterocycles. The van der Waals surface area contributed by atoms with Crippen LogP contribution in [0.15, 0.2) is 60.8 Å². The number of aliphatic carboxylic acids is 1. The molecule has 2 heterocycles. The second-order valence-electron chi connectivity index (χ2n) is 7.16. The Hall–Kier alpha value is -3.67. The molecule has 3 aromatic rings. The number of nitrogens with two attached hydrogens (primary N) is 1. The van der Waals surface area contributed by atoms with Crippen molar-refractivity contribution in [2.75, 3.05) is 11.4 Å². The minimum atomic E-state index is -0.837. The molecule has 0 atom stereocenters. The lowest BCUT2D eigenvalue weighted by Gasteiger charge is -2.19. The molecule has 0 unspecified atom stereocenters. The number of fused-ring (bicyclic) bond motifs is 1. The van der Waals surface area contributed by atoms with Crippen LogP contribution in [0.5, 0.6) is 0 Å². The molecular weight excluding hydrogens is 366 g/mol. The van der Waals surface area contributed by atoms with Crippen LogP contribution >= 0.6 is 0 Å². The van der Waals surface area contributed by atoms with Gasteiger partial charge in [-0.1, -0.05) is 30.3 Å². The van der Waals surface area contributed by atoms with Crippen LogP contribution < -0.4 is 10.6 Å². The Labute approximate surface area is 168 Å². The molecule has 146 valence electrons. The highest BCUT2D eigenvalue weighted by Gasteiger charge is 2.25. The summed E-state index contributed by atoms with van der Waals surface area (Å²) in [5.41, 5.74) is 10.9. The van der Waals surface area contributed by atoms with Crippen LogP contribution in [0.25, 0.3) is 0 Å². The number of hydrogen-bond donors (Lipinski definition) is 2. The number of benzene rings is 2. The third-order valence-electron chi connectivity index (χ3n) is 5.13. The molecule has 1 aromatic heterocycles. The van der Waals surface area contributed by atoms with Crippen LogP contribution in [-0.2, 0) is 24.1 Å². The fourth-order valence-electron chi connectivity index (χ4n) is 3.88. The molecule has 0 aliphatic carbocycles. The lowest BCUT2D eigenvalue weighted by molar-refractivity contribution is -0.136. The third kappa shape index (κ3) is 3.96. The van der Waals surface area contributed by atoms with Crippen LogP contribution in [0.2, 0.25) is 0 Å². The van der Waals surface area contributed by atoms with E-state index in [0.29, 0.717) is 12.0 Å². The van der Waals surface area contributed by atoms with Gasteiger partial charge >= 0.3 is 5.97 Å². The van der Waals surface area contributed by atoms with Crippen molar-refractivity contribution in [3.8, 4) is 0 Å². The number of carbonyl (C=O) groups excluding carboxylic acids is 1. The molecule has 3 N–H and O–H groups in total. The molecule has 6 heteroatoms. The van der Waals surface area contributed by atoms with Crippen LogP contribution in [-0.4, -0.2) is 28.5 Å². The fraction of sp³-hybridized carbons (Fsp3) is 0.174. The van der Waals surface area contributed by atoms with Gasteiger partial charge in [-0.15, -0.1) is 0 Å². The number of carbonyl (C=O) groups is 2. The second-order valence-corrected chi connectivity index (χ2v) is 7.16. The first-order valence-electron chi connectivity index (χ1n) is 9.45. The Balaban J connectivity index is 1.59. The number of aromatic nitrogens is 1. The lowest BCUT2D eigenvalue weighted by atomic mass is 10.0. The smallest absolute Gasteiger partial charge is 0.307 e. The van der Waals surface area contributed by atoms with Gasteiger partial charge in [0.25, 0.3) is 0 Å². The Morgan fingerprint density at radius 1 is 1.03 bits per heavy atom. The number of anilines is 2. The molecular formula is C23H21N3O3. The van der Waals surface area contributed by atoms with Crippen molar-refractivity contribution < 1.29 is 14.7 Å². The summed E-state index contributed by atoms with van der Waals surface area (Å²) < 4.78 is 0. The van der Waals surface area contributed by atoms with E-state index in [-0.39, 0.29) is 6.42 Å². The zero-order valence-electron chi connectivity index (χ0n) is 15.8. The number of nitrogens with zero attached hydrogens (tertiary/aromatic N) is 2. The minimum absolute atomic E-state index is 0.0161. The minimum Gasteiger partial charge on any atom is -0.481 e. The van der Waals surface area contributed by atoms with Gasteiger partial charge in [0.15, 0.2) is 0 Å². The maximum Gasteiger partial charge on any atom is 0.307 e. The van der Waals surface area contributed by atoms with Gasteiger partial charge in [0.1, 0.15) is 5.82 Å². The molecule has 6 nitrogen and oxygen atoms in total. The van der Waals surface area contributed by atoms with Crippen molar-refractivity contribution in [2.45, 2.75) is 19.3 Å². The molecule has 2 aromatic carbocycles. The van der Waals surface area contributed by atoms with Crippen LogP contribution in [0.3, 0.4) is 0 Å². The molecule has 1 amide bonds. The number of amides is 1. The van der Waals surface area contributed by atoms with Gasteiger partial charge in [0.05, 0.1) is 6.42 Å². The van der Waals surface area contributed by atoms with Gasteiger partial charge in [-0.2, -0.15) is 0 Å². The van der Waals surface area contributed by atoms with Gasteiger partial charge < -0.3 is 15.7 Å². The topological polar surface area (TPSA) is 96.5 Å². The zero-order chi connectivity index (χ0) is 20.4. The van der Waals surface area contributed by atoms with Crippen LogP contribution in [0.4, 0.5) is 11.5 Å². The van der Waals surface area contributed by atoms with Crippen molar-refractivity contribution >= 4 is 23.4 Å². The Morgan fingerprint density at radius 2 is 1.79 bits per heavy atom. The standard InChI is InChI=1S/C23H21N3O3/c24-23(29)19-5-2-6-20-18(19)8-10-26(20)21-13-17(7-9-25-21)12-15-3-1-4-16(11-15)14-22(27)28/h1-7,9,11,13H,8,10,12,14H2,(H2,24,29)(H,27,28). The van der Waals surface area contributed by atoms with Crippen LogP contribution in [0.1, 0.15) is 32.6 Å². The maximum absolute atomic E-state index is 11.7. The molecule has 0 saturated carbocycles. The average Bonchev–Trinajstić information content (AvgIpc) is 3.12. The van der Waals surface area contributed by atoms with Gasteiger partial charge in [0, 0.05) is 24.0 Å². The van der Waals surface area contributed by atoms with Crippen molar-refractivity contribution in [3.05, 3.63) is 88.6 Å². The van der Waals surface area contributed by atoms with Gasteiger partial charge in [0.2, 0.25) is 5.91 Å². The Morgan fingerprint density at radius 3 is 2.59 bits per heavy atom. The highest BCUT2D eigenvalue weighted by molar-refractivity contribution is 5.96. The number of hydrogen-bond acceptors (Lipinski definition) is 4. The van der Waals surface area contributed by atoms with Gasteiger partial charge in [-0.25, -0.2) is 4.98 Å². The predicted molar refractivity (Wildman–Crippen MR) is 110 cm³/mol. The molecule has 0 spiro atoms. The predicted octanol–water partition coefficient (Wildman–Crippen LogP) is 3.09. The zero-order valence-corrected chi connectivity index (χ0v) is 15.8. The molecule has 29 heavy (non-hydrogen) atoms. The van der Waals surface area contributed by atoms with E-state index in [9.17, 15) is 9.59 Å². The Kier molecular flexibility index (Phi) is 4.99. The molecule has 0 radical (unpaired) electrons. The normalized spacial score (nSPS) is 12.6. The molecule has 1 aliphatic heterocycles. The summed E-state index contributed by atoms with van der Waals surface area (Å²) in [5.74, 6) is -0.424. The van der Waals surface area contributed by atoms with E-state index in [2.05, 4.69) is 9.88 Å². The van der Waals surface area contributed by atoms with E-state index in [4.69, 9.17) is 10.8 Å². The highest BCUT2D eigenvalue weighted by Crippen LogP contribution is 2.35. The number of carboxylic acids is 1. The summed E-state index contributed by atoms with van der Waals surface area (Å²) in [7, 11) is 0. The highest BCUT2D eigenvalue weighted by atomic mass is 16.4. The number of primary amides is 1. The summed E-state index contributed by atoms with van der Waals surface area (Å²) in [6, 6.07) is 17.2. The fourth-order valence-corrected chi connectivity index (χ4v) is 3.88. The van der Waals surface area contributed by atoms with Crippen molar-refractivity contribution in [2.24, 2.45) is 5.73 Å². The van der Waals surface area contributed by atoms with Crippen molar-refractivity contribution in [1.82, 2.24) is 4.98 Å². The van der Waals surface area contributed by atoms with Crippen LogP contribution in [0, 0.1) is 0 Å². The number of carboxylic acid groups (broad SMARTS) is 1. The monoisotopic (exact) mass is 387 g/mol. The van der Waals surface area contributed by atoms with Gasteiger partial charge in [-0.05, 0) is 59.4 Å². The number of rotatable bonds is 6. The Bertz CT molecular complexity index is 1090. The summed E-state index contributed by atoms with van der Waals surface area (Å²) in [4.78, 5) is 29.3. The van der Waals surface area contributed by atoms with Crippen molar-refractivity contribution in [1.29, 1.82) is 0 Å². The first-order valence-corrected chi connectivity index (χ1v) is 9.45. The number of pyridine rings is 1. The molecule has 0 bridgehead atoms. The summed E-state index contributed by atoms with van der Waals surface area (Å²) >= 11 is 0. The average molecular weight is 387 g/mol. The second kappa shape index (κ2) is 7.75. The molecule has 1 aliphatic rings. The summed E-state index contributed by atoms with van der Waals surface area (Å²) in [6.45, 7) is 0.740. The van der Waals surface area contributed by atoms with E-state index < -0.39 is 11.9 Å². The largest absolute Gasteiger partial charge is 0.481 e. The SMILES string of the molecule is NC(=O)c1cccc2c1CCN2c1cc(Cc2cccc(CC(=O)O)c2)ccn1. The van der Waals surface area contributed by atoms with E-state index in [1.165, 1.54) is 0 Å². The third-order valence-corrected chi connectivity index (χ3v) is 5.13. The van der Waals surface area contributed by atoms with Crippen molar-refractivity contribution in [3.63, 3.8) is 0 Å². The molecule has 4 rings (SSSR count). The maximum atomic E-state index is 11.7. The van der Waals surface area contributed by atoms with E-state index >= 15 is 0 Å². The first-order chi connectivity index (χ1) is 14.0.